The van der Waals surface area contributed by atoms with E-state index >= 15 is 0 Å². The zero-order valence-corrected chi connectivity index (χ0v) is 19.7. The van der Waals surface area contributed by atoms with Crippen LogP contribution in [0.1, 0.15) is 25.5 Å². The first kappa shape index (κ1) is 22.8. The molecule has 0 bridgehead atoms. The maximum Gasteiger partial charge on any atom is 0.222 e. The van der Waals surface area contributed by atoms with Gasteiger partial charge in [-0.3, -0.25) is 9.52 Å². The van der Waals surface area contributed by atoms with E-state index < -0.39 is 11.0 Å². The summed E-state index contributed by atoms with van der Waals surface area (Å²) >= 11 is 6.26. The van der Waals surface area contributed by atoms with E-state index in [2.05, 4.69) is 37.3 Å². The fourth-order valence-corrected chi connectivity index (χ4v) is 4.20. The van der Waals surface area contributed by atoms with Crippen LogP contribution >= 0.6 is 11.6 Å². The lowest BCUT2D eigenvalue weighted by molar-refractivity contribution is -0.114. The Morgan fingerprint density at radius 2 is 1.94 bits per heavy atom. The van der Waals surface area contributed by atoms with Crippen LogP contribution in [0, 0.1) is 0 Å². The first-order valence-electron chi connectivity index (χ1n) is 10.1. The highest BCUT2D eigenvalue weighted by Gasteiger charge is 2.13. The predicted molar refractivity (Wildman–Crippen MR) is 129 cm³/mol. The Bertz CT molecular complexity index is 1340. The minimum absolute atomic E-state index is 0.198. The van der Waals surface area contributed by atoms with Crippen molar-refractivity contribution >= 4 is 45.6 Å². The number of fused-ring (bicyclic) bond motifs is 1. The van der Waals surface area contributed by atoms with E-state index in [0.29, 0.717) is 33.3 Å². The van der Waals surface area contributed by atoms with Crippen molar-refractivity contribution in [1.82, 2.24) is 24.9 Å². The van der Waals surface area contributed by atoms with Crippen LogP contribution in [0.2, 0.25) is 5.15 Å². The van der Waals surface area contributed by atoms with Crippen molar-refractivity contribution in [2.45, 2.75) is 24.8 Å². The third kappa shape index (κ3) is 5.19. The van der Waals surface area contributed by atoms with Gasteiger partial charge < -0.3 is 10.6 Å². The molecule has 2 atom stereocenters. The number of nitrogens with one attached hydrogen (secondary N) is 3. The smallest absolute Gasteiger partial charge is 0.222 e. The summed E-state index contributed by atoms with van der Waals surface area (Å²) in [4.78, 5) is 20.4. The molecular formula is C22H22ClN7O2S. The Hall–Kier alpha value is -3.34. The summed E-state index contributed by atoms with van der Waals surface area (Å²) in [7, 11) is 0.362. The SMILES string of the molecule is CNC(C)c1ccc(S(=O)Nc2cc(-c3ccc4nc(NC(C)=O)cn4n3)cnc2Cl)cc1. The number of aromatic nitrogens is 4. The molecule has 3 aromatic heterocycles. The molecule has 4 aromatic rings. The van der Waals surface area contributed by atoms with Gasteiger partial charge in [-0.1, -0.05) is 23.7 Å². The summed E-state index contributed by atoms with van der Waals surface area (Å²) in [5.74, 6) is 0.199. The second-order valence-corrected chi connectivity index (χ2v) is 8.91. The number of amides is 1. The van der Waals surface area contributed by atoms with E-state index in [0.717, 1.165) is 5.56 Å². The number of halogens is 1. The fraction of sp³-hybridized carbons (Fsp3) is 0.182. The van der Waals surface area contributed by atoms with Crippen molar-refractivity contribution in [3.8, 4) is 11.3 Å². The molecule has 11 heteroatoms. The molecule has 33 heavy (non-hydrogen) atoms. The zero-order chi connectivity index (χ0) is 23.5. The highest BCUT2D eigenvalue weighted by molar-refractivity contribution is 7.86. The number of hydrogen-bond donors (Lipinski definition) is 3. The predicted octanol–water partition coefficient (Wildman–Crippen LogP) is 3.82. The molecule has 0 radical (unpaired) electrons. The number of anilines is 2. The number of imidazole rings is 1. The monoisotopic (exact) mass is 483 g/mol. The molecule has 0 aliphatic heterocycles. The van der Waals surface area contributed by atoms with E-state index in [9.17, 15) is 9.00 Å². The summed E-state index contributed by atoms with van der Waals surface area (Å²) in [6.45, 7) is 3.47. The van der Waals surface area contributed by atoms with Crippen molar-refractivity contribution in [3.05, 3.63) is 65.6 Å². The van der Waals surface area contributed by atoms with Crippen LogP contribution in [0.25, 0.3) is 16.9 Å². The van der Waals surface area contributed by atoms with Gasteiger partial charge in [0.05, 0.1) is 22.5 Å². The molecule has 1 amide bonds. The number of nitrogens with zero attached hydrogens (tertiary/aromatic N) is 4. The minimum Gasteiger partial charge on any atom is -0.313 e. The molecule has 3 heterocycles. The molecular weight excluding hydrogens is 462 g/mol. The Kier molecular flexibility index (Phi) is 6.68. The van der Waals surface area contributed by atoms with Crippen LogP contribution in [-0.2, 0) is 15.8 Å². The van der Waals surface area contributed by atoms with E-state index in [1.54, 1.807) is 35.1 Å². The van der Waals surface area contributed by atoms with Crippen LogP contribution in [0.15, 0.2) is 59.8 Å². The summed E-state index contributed by atoms with van der Waals surface area (Å²) < 4.78 is 17.4. The summed E-state index contributed by atoms with van der Waals surface area (Å²) in [5.41, 5.74) is 3.39. The molecule has 3 N–H and O–H groups in total. The topological polar surface area (TPSA) is 113 Å². The zero-order valence-electron chi connectivity index (χ0n) is 18.2. The lowest BCUT2D eigenvalue weighted by atomic mass is 10.1. The quantitative estimate of drug-likeness (QED) is 0.344. The normalized spacial score (nSPS) is 13.0. The number of carbonyl (C=O) groups excluding carboxylic acids is 1. The van der Waals surface area contributed by atoms with Gasteiger partial charge in [-0.25, -0.2) is 18.7 Å². The van der Waals surface area contributed by atoms with E-state index in [1.807, 2.05) is 31.3 Å². The van der Waals surface area contributed by atoms with Gasteiger partial charge in [0.15, 0.2) is 16.6 Å². The fourth-order valence-electron chi connectivity index (χ4n) is 3.14. The average Bonchev–Trinajstić information content (AvgIpc) is 3.20. The molecule has 0 fully saturated rings. The number of rotatable bonds is 7. The maximum absolute atomic E-state index is 12.9. The lowest BCUT2D eigenvalue weighted by Crippen LogP contribution is -2.12. The number of hydrogen-bond acceptors (Lipinski definition) is 6. The largest absolute Gasteiger partial charge is 0.313 e. The Balaban J connectivity index is 1.57. The molecule has 9 nitrogen and oxygen atoms in total. The van der Waals surface area contributed by atoms with Crippen LogP contribution in [0.3, 0.4) is 0 Å². The average molecular weight is 484 g/mol. The van der Waals surface area contributed by atoms with Gasteiger partial charge in [0.2, 0.25) is 5.91 Å². The number of pyridine rings is 1. The number of carbonyl (C=O) groups is 1. The van der Waals surface area contributed by atoms with Gasteiger partial charge in [-0.05, 0) is 49.9 Å². The highest BCUT2D eigenvalue weighted by Crippen LogP contribution is 2.27. The van der Waals surface area contributed by atoms with Crippen molar-refractivity contribution in [2.24, 2.45) is 0 Å². The molecule has 0 aliphatic rings. The lowest BCUT2D eigenvalue weighted by Gasteiger charge is -2.12. The van der Waals surface area contributed by atoms with Gasteiger partial charge >= 0.3 is 0 Å². The van der Waals surface area contributed by atoms with Gasteiger partial charge in [0.1, 0.15) is 11.0 Å². The van der Waals surface area contributed by atoms with Gasteiger partial charge in [0.25, 0.3) is 0 Å². The van der Waals surface area contributed by atoms with Gasteiger partial charge in [0, 0.05) is 24.7 Å². The van der Waals surface area contributed by atoms with Crippen molar-refractivity contribution in [3.63, 3.8) is 0 Å². The van der Waals surface area contributed by atoms with E-state index in [1.165, 1.54) is 6.92 Å². The van der Waals surface area contributed by atoms with Gasteiger partial charge in [-0.15, -0.1) is 0 Å². The molecule has 0 aliphatic carbocycles. The second-order valence-electron chi connectivity index (χ2n) is 7.34. The Morgan fingerprint density at radius 3 is 2.64 bits per heavy atom. The van der Waals surface area contributed by atoms with Crippen LogP contribution in [0.5, 0.6) is 0 Å². The van der Waals surface area contributed by atoms with Crippen LogP contribution < -0.4 is 15.4 Å². The van der Waals surface area contributed by atoms with Crippen LogP contribution in [-0.4, -0.2) is 36.7 Å². The van der Waals surface area contributed by atoms with Crippen molar-refractivity contribution in [2.75, 3.05) is 17.1 Å². The summed E-state index contributed by atoms with van der Waals surface area (Å²) in [6, 6.07) is 13.0. The third-order valence-corrected chi connectivity index (χ3v) is 6.40. The third-order valence-electron chi connectivity index (χ3n) is 4.99. The standard InChI is InChI=1S/C22H22ClN7O2S/c1-13(24-3)15-4-6-17(7-5-15)33(32)29-19-10-16(11-25-22(19)23)18-8-9-21-27-20(26-14(2)31)12-30(21)28-18/h4-13,24,29H,1-3H3,(H,26,31). The first-order valence-corrected chi connectivity index (χ1v) is 11.6. The molecule has 0 saturated carbocycles. The second kappa shape index (κ2) is 9.65. The van der Waals surface area contributed by atoms with E-state index in [4.69, 9.17) is 11.6 Å². The maximum atomic E-state index is 12.9. The Morgan fingerprint density at radius 1 is 1.18 bits per heavy atom. The van der Waals surface area contributed by atoms with Gasteiger partial charge in [-0.2, -0.15) is 5.10 Å². The van der Waals surface area contributed by atoms with Crippen LogP contribution in [0.4, 0.5) is 11.5 Å². The molecule has 4 rings (SSSR count). The molecule has 2 unspecified atom stereocenters. The summed E-state index contributed by atoms with van der Waals surface area (Å²) in [6.07, 6.45) is 3.21. The Labute approximate surface area is 198 Å². The highest BCUT2D eigenvalue weighted by atomic mass is 35.5. The molecule has 1 aromatic carbocycles. The van der Waals surface area contributed by atoms with Crippen molar-refractivity contribution in [1.29, 1.82) is 0 Å². The molecule has 0 saturated heterocycles. The van der Waals surface area contributed by atoms with Crippen molar-refractivity contribution < 1.29 is 9.00 Å². The number of benzene rings is 1. The molecule has 170 valence electrons. The van der Waals surface area contributed by atoms with E-state index in [-0.39, 0.29) is 17.1 Å². The summed E-state index contributed by atoms with van der Waals surface area (Å²) in [5, 5.41) is 10.5. The minimum atomic E-state index is -1.53. The molecule has 0 spiro atoms. The first-order chi connectivity index (χ1) is 15.8.